The second kappa shape index (κ2) is 6.72. The smallest absolute Gasteiger partial charge is 0.326 e. The fourth-order valence-electron chi connectivity index (χ4n) is 1.28. The number of carboxylic acids is 1. The van der Waals surface area contributed by atoms with Crippen LogP contribution in [0.4, 0.5) is 0 Å². The summed E-state index contributed by atoms with van der Waals surface area (Å²) < 4.78 is 23.0. The summed E-state index contributed by atoms with van der Waals surface area (Å²) in [4.78, 5) is 22.4. The van der Waals surface area contributed by atoms with E-state index in [0.29, 0.717) is 0 Å². The third kappa shape index (κ3) is 6.00. The molecule has 0 rings (SSSR count). The molecule has 0 aliphatic rings. The van der Waals surface area contributed by atoms with E-state index in [2.05, 4.69) is 5.32 Å². The van der Waals surface area contributed by atoms with E-state index in [4.69, 9.17) is 5.11 Å². The molecule has 2 N–H and O–H groups in total. The van der Waals surface area contributed by atoms with Gasteiger partial charge < -0.3 is 10.4 Å². The Bertz CT molecular complexity index is 400. The number of rotatable bonds is 7. The lowest BCUT2D eigenvalue weighted by molar-refractivity contribution is -0.141. The lowest BCUT2D eigenvalue weighted by Crippen LogP contribution is -2.44. The van der Waals surface area contributed by atoms with Gasteiger partial charge in [-0.25, -0.2) is 13.2 Å². The summed E-state index contributed by atoms with van der Waals surface area (Å²) in [6.07, 6.45) is 0.267. The Morgan fingerprint density at radius 1 is 1.17 bits per heavy atom. The first-order valence-electron chi connectivity index (χ1n) is 5.80. The largest absolute Gasteiger partial charge is 0.480 e. The Kier molecular flexibility index (Phi) is 6.31. The highest BCUT2D eigenvalue weighted by atomic mass is 32.2. The molecule has 6 nitrogen and oxygen atoms in total. The van der Waals surface area contributed by atoms with Crippen molar-refractivity contribution in [2.24, 2.45) is 5.92 Å². The molecule has 0 unspecified atom stereocenters. The zero-order valence-corrected chi connectivity index (χ0v) is 12.0. The molecular weight excluding hydrogens is 258 g/mol. The highest BCUT2D eigenvalue weighted by Crippen LogP contribution is 2.06. The van der Waals surface area contributed by atoms with Crippen molar-refractivity contribution in [3.8, 4) is 0 Å². The Morgan fingerprint density at radius 3 is 2.00 bits per heavy atom. The number of nitrogens with one attached hydrogen (secondary N) is 1. The third-order valence-electron chi connectivity index (χ3n) is 2.39. The average molecular weight is 279 g/mol. The summed E-state index contributed by atoms with van der Waals surface area (Å²) in [5, 5.41) is 10.5. The van der Waals surface area contributed by atoms with Crippen LogP contribution >= 0.6 is 0 Å². The minimum Gasteiger partial charge on any atom is -0.480 e. The molecule has 0 aromatic rings. The monoisotopic (exact) mass is 279 g/mol. The summed E-state index contributed by atoms with van der Waals surface area (Å²) in [5.74, 6) is -2.50. The topological polar surface area (TPSA) is 101 Å². The van der Waals surface area contributed by atoms with Gasteiger partial charge >= 0.3 is 5.97 Å². The van der Waals surface area contributed by atoms with Crippen molar-refractivity contribution in [2.75, 3.05) is 5.75 Å². The number of carbonyl (C=O) groups excluding carboxylic acids is 1. The van der Waals surface area contributed by atoms with Crippen molar-refractivity contribution in [1.29, 1.82) is 0 Å². The SMILES string of the molecule is CC(C)C[C@@H](NC(=O)CS(=O)(=O)C(C)C)C(=O)O. The van der Waals surface area contributed by atoms with Gasteiger partial charge in [0.05, 0.1) is 5.25 Å². The van der Waals surface area contributed by atoms with E-state index in [9.17, 15) is 18.0 Å². The van der Waals surface area contributed by atoms with Crippen LogP contribution in [0.15, 0.2) is 0 Å². The van der Waals surface area contributed by atoms with Crippen LogP contribution in [-0.4, -0.2) is 42.4 Å². The van der Waals surface area contributed by atoms with Gasteiger partial charge in [-0.2, -0.15) is 0 Å². The molecule has 18 heavy (non-hydrogen) atoms. The summed E-state index contributed by atoms with van der Waals surface area (Å²) in [5.41, 5.74) is 0. The zero-order valence-electron chi connectivity index (χ0n) is 11.1. The first-order valence-corrected chi connectivity index (χ1v) is 7.51. The molecule has 0 radical (unpaired) electrons. The highest BCUT2D eigenvalue weighted by Gasteiger charge is 2.25. The maximum absolute atomic E-state index is 11.5. The first-order chi connectivity index (χ1) is 8.06. The molecule has 7 heteroatoms. The van der Waals surface area contributed by atoms with E-state index < -0.39 is 38.8 Å². The summed E-state index contributed by atoms with van der Waals surface area (Å²) in [6.45, 7) is 6.61. The average Bonchev–Trinajstić information content (AvgIpc) is 2.14. The van der Waals surface area contributed by atoms with Gasteiger partial charge in [0.15, 0.2) is 9.84 Å². The van der Waals surface area contributed by atoms with Crippen LogP contribution in [0.5, 0.6) is 0 Å². The molecule has 0 fully saturated rings. The number of hydrogen-bond donors (Lipinski definition) is 2. The molecule has 0 saturated carbocycles. The zero-order chi connectivity index (χ0) is 14.5. The number of carboxylic acid groups (broad SMARTS) is 1. The van der Waals surface area contributed by atoms with E-state index in [-0.39, 0.29) is 12.3 Å². The third-order valence-corrected chi connectivity index (χ3v) is 4.49. The van der Waals surface area contributed by atoms with Crippen LogP contribution in [0.25, 0.3) is 0 Å². The van der Waals surface area contributed by atoms with Gasteiger partial charge in [-0.15, -0.1) is 0 Å². The fraction of sp³-hybridized carbons (Fsp3) is 0.818. The molecule has 0 spiro atoms. The summed E-state index contributed by atoms with van der Waals surface area (Å²) >= 11 is 0. The minimum atomic E-state index is -3.50. The Morgan fingerprint density at radius 2 is 1.67 bits per heavy atom. The minimum absolute atomic E-state index is 0.0908. The van der Waals surface area contributed by atoms with Crippen LogP contribution in [0, 0.1) is 5.92 Å². The normalized spacial score (nSPS) is 13.7. The van der Waals surface area contributed by atoms with Crippen molar-refractivity contribution < 1.29 is 23.1 Å². The molecule has 0 heterocycles. The number of hydrogen-bond acceptors (Lipinski definition) is 4. The maximum Gasteiger partial charge on any atom is 0.326 e. The van der Waals surface area contributed by atoms with Crippen LogP contribution in [0.2, 0.25) is 0 Å². The molecule has 0 aromatic carbocycles. The maximum atomic E-state index is 11.5. The van der Waals surface area contributed by atoms with Gasteiger partial charge in [0, 0.05) is 0 Å². The van der Waals surface area contributed by atoms with E-state index in [1.165, 1.54) is 13.8 Å². The highest BCUT2D eigenvalue weighted by molar-refractivity contribution is 7.92. The van der Waals surface area contributed by atoms with Crippen molar-refractivity contribution in [1.82, 2.24) is 5.32 Å². The predicted molar refractivity (Wildman–Crippen MR) is 67.9 cm³/mol. The van der Waals surface area contributed by atoms with Gasteiger partial charge in [-0.1, -0.05) is 13.8 Å². The number of amides is 1. The van der Waals surface area contributed by atoms with Crippen molar-refractivity contribution in [2.45, 2.75) is 45.4 Å². The molecule has 0 saturated heterocycles. The molecule has 0 aliphatic heterocycles. The molecule has 0 bridgehead atoms. The Balaban J connectivity index is 4.58. The Labute approximate surface area is 108 Å². The standard InChI is InChI=1S/C11H21NO5S/c1-7(2)5-9(11(14)15)12-10(13)6-18(16,17)8(3)4/h7-9H,5-6H2,1-4H3,(H,12,13)(H,14,15)/t9-/m1/s1. The van der Waals surface area contributed by atoms with Crippen molar-refractivity contribution >= 4 is 21.7 Å². The van der Waals surface area contributed by atoms with Gasteiger partial charge in [0.1, 0.15) is 11.8 Å². The van der Waals surface area contributed by atoms with Crippen LogP contribution in [0.1, 0.15) is 34.1 Å². The van der Waals surface area contributed by atoms with Crippen LogP contribution in [-0.2, 0) is 19.4 Å². The van der Waals surface area contributed by atoms with Crippen molar-refractivity contribution in [3.63, 3.8) is 0 Å². The van der Waals surface area contributed by atoms with Gasteiger partial charge in [-0.3, -0.25) is 4.79 Å². The second-order valence-corrected chi connectivity index (χ2v) is 7.50. The van der Waals surface area contributed by atoms with E-state index in [0.717, 1.165) is 0 Å². The molecule has 106 valence electrons. The number of carbonyl (C=O) groups is 2. The second-order valence-electron chi connectivity index (χ2n) is 4.94. The first kappa shape index (κ1) is 16.9. The molecule has 1 amide bonds. The quantitative estimate of drug-likeness (QED) is 0.703. The van der Waals surface area contributed by atoms with Gasteiger partial charge in [-0.05, 0) is 26.2 Å². The number of sulfone groups is 1. The predicted octanol–water partition coefficient (Wildman–Crippen LogP) is 0.425. The summed E-state index contributed by atoms with van der Waals surface area (Å²) in [7, 11) is -3.50. The molecule has 0 aromatic heterocycles. The van der Waals surface area contributed by atoms with Gasteiger partial charge in [0.2, 0.25) is 5.91 Å². The summed E-state index contributed by atoms with van der Waals surface area (Å²) in [6, 6.07) is -1.04. The molecule has 0 aliphatic carbocycles. The van der Waals surface area contributed by atoms with E-state index in [1.54, 1.807) is 0 Å². The molecule has 1 atom stereocenters. The lowest BCUT2D eigenvalue weighted by Gasteiger charge is -2.16. The van der Waals surface area contributed by atoms with Crippen LogP contribution < -0.4 is 5.32 Å². The van der Waals surface area contributed by atoms with Crippen LogP contribution in [0.3, 0.4) is 0 Å². The van der Waals surface area contributed by atoms with Gasteiger partial charge in [0.25, 0.3) is 0 Å². The Hall–Kier alpha value is -1.11. The fourth-order valence-corrected chi connectivity index (χ4v) is 2.06. The molecular formula is C11H21NO5S. The van der Waals surface area contributed by atoms with E-state index in [1.807, 2.05) is 13.8 Å². The van der Waals surface area contributed by atoms with Crippen molar-refractivity contribution in [3.05, 3.63) is 0 Å². The number of aliphatic carboxylic acids is 1. The lowest BCUT2D eigenvalue weighted by atomic mass is 10.0. The van der Waals surface area contributed by atoms with E-state index >= 15 is 0 Å².